The van der Waals surface area contributed by atoms with Crippen LogP contribution in [0.1, 0.15) is 10.4 Å². The molecule has 3 aromatic rings. The number of hydrogen-bond acceptors (Lipinski definition) is 3. The number of amides is 1. The summed E-state index contributed by atoms with van der Waals surface area (Å²) in [6.07, 6.45) is 5.04. The summed E-state index contributed by atoms with van der Waals surface area (Å²) in [5, 5.41) is 7.56. The molecule has 0 saturated carbocycles. The highest BCUT2D eigenvalue weighted by atomic mass is 16.1. The Morgan fingerprint density at radius 1 is 1.17 bits per heavy atom. The van der Waals surface area contributed by atoms with Crippen molar-refractivity contribution in [2.75, 3.05) is 0 Å². The van der Waals surface area contributed by atoms with E-state index in [9.17, 15) is 4.79 Å². The lowest BCUT2D eigenvalue weighted by Crippen LogP contribution is -2.10. The molecule has 2 heterocycles. The maximum Gasteiger partial charge on any atom is 0.250 e. The summed E-state index contributed by atoms with van der Waals surface area (Å²) in [5.41, 5.74) is 8.48. The van der Waals surface area contributed by atoms with E-state index in [1.54, 1.807) is 12.3 Å². The van der Waals surface area contributed by atoms with Gasteiger partial charge in [-0.25, -0.2) is 0 Å². The number of fused-ring (bicyclic) bond motifs is 1. The zero-order chi connectivity index (χ0) is 12.5. The van der Waals surface area contributed by atoms with Crippen molar-refractivity contribution in [1.29, 1.82) is 0 Å². The van der Waals surface area contributed by atoms with Gasteiger partial charge in [0.05, 0.1) is 17.3 Å². The van der Waals surface area contributed by atoms with Crippen LogP contribution in [0.15, 0.2) is 42.9 Å². The Balaban J connectivity index is 2.18. The van der Waals surface area contributed by atoms with Crippen LogP contribution < -0.4 is 5.73 Å². The van der Waals surface area contributed by atoms with Gasteiger partial charge < -0.3 is 5.73 Å². The van der Waals surface area contributed by atoms with E-state index < -0.39 is 5.91 Å². The number of carbonyl (C=O) groups excluding carboxylic acids is 1. The van der Waals surface area contributed by atoms with Crippen molar-refractivity contribution in [3.8, 4) is 11.1 Å². The molecule has 0 unspecified atom stereocenters. The average molecular weight is 238 g/mol. The van der Waals surface area contributed by atoms with Crippen LogP contribution in [-0.4, -0.2) is 21.1 Å². The molecule has 0 bridgehead atoms. The van der Waals surface area contributed by atoms with Crippen LogP contribution in [0.2, 0.25) is 0 Å². The molecular formula is C13H10N4O. The largest absolute Gasteiger partial charge is 0.366 e. The molecule has 18 heavy (non-hydrogen) atoms. The minimum Gasteiger partial charge on any atom is -0.366 e. The van der Waals surface area contributed by atoms with E-state index in [2.05, 4.69) is 15.2 Å². The molecule has 0 fully saturated rings. The van der Waals surface area contributed by atoms with E-state index in [0.29, 0.717) is 5.56 Å². The fourth-order valence-electron chi connectivity index (χ4n) is 1.85. The van der Waals surface area contributed by atoms with Gasteiger partial charge in [-0.05, 0) is 23.8 Å². The summed E-state index contributed by atoms with van der Waals surface area (Å²) in [6, 6.07) is 7.57. The fraction of sp³-hybridized carbons (Fsp3) is 0. The van der Waals surface area contributed by atoms with Crippen LogP contribution >= 0.6 is 0 Å². The second kappa shape index (κ2) is 3.96. The summed E-state index contributed by atoms with van der Waals surface area (Å²) >= 11 is 0. The zero-order valence-electron chi connectivity index (χ0n) is 9.42. The first-order valence-electron chi connectivity index (χ1n) is 5.43. The number of carbonyl (C=O) groups is 1. The van der Waals surface area contributed by atoms with Crippen LogP contribution in [-0.2, 0) is 0 Å². The SMILES string of the molecule is NC(=O)c1cnc2ccc(-c3cn[nH]c3)cc2c1. The molecule has 3 N–H and O–H groups in total. The first-order valence-corrected chi connectivity index (χ1v) is 5.43. The second-order valence-corrected chi connectivity index (χ2v) is 3.98. The van der Waals surface area contributed by atoms with E-state index in [1.165, 1.54) is 6.20 Å². The molecule has 1 aromatic carbocycles. The highest BCUT2D eigenvalue weighted by Gasteiger charge is 2.05. The topological polar surface area (TPSA) is 84.7 Å². The van der Waals surface area contributed by atoms with Gasteiger partial charge in [-0.15, -0.1) is 0 Å². The number of nitrogens with two attached hydrogens (primary N) is 1. The monoisotopic (exact) mass is 238 g/mol. The maximum atomic E-state index is 11.1. The Labute approximate surface area is 103 Å². The molecule has 2 aromatic heterocycles. The molecule has 0 saturated heterocycles. The van der Waals surface area contributed by atoms with Crippen LogP contribution in [0, 0.1) is 0 Å². The molecule has 0 radical (unpaired) electrons. The molecule has 88 valence electrons. The van der Waals surface area contributed by atoms with Gasteiger partial charge >= 0.3 is 0 Å². The molecule has 5 nitrogen and oxygen atoms in total. The Bertz CT molecular complexity index is 719. The zero-order valence-corrected chi connectivity index (χ0v) is 9.42. The highest BCUT2D eigenvalue weighted by Crippen LogP contribution is 2.23. The number of hydrogen-bond donors (Lipinski definition) is 2. The number of rotatable bonds is 2. The predicted molar refractivity (Wildman–Crippen MR) is 67.8 cm³/mol. The number of H-pyrrole nitrogens is 1. The number of primary amides is 1. The summed E-state index contributed by atoms with van der Waals surface area (Å²) in [6.45, 7) is 0. The molecule has 0 aliphatic rings. The van der Waals surface area contributed by atoms with Gasteiger partial charge in [0.2, 0.25) is 5.91 Å². The van der Waals surface area contributed by atoms with E-state index >= 15 is 0 Å². The summed E-state index contributed by atoms with van der Waals surface area (Å²) in [5.74, 6) is -0.474. The van der Waals surface area contributed by atoms with Gasteiger partial charge in [0, 0.05) is 23.3 Å². The number of pyridine rings is 1. The lowest BCUT2D eigenvalue weighted by molar-refractivity contribution is 0.1000. The quantitative estimate of drug-likeness (QED) is 0.712. The van der Waals surface area contributed by atoms with Gasteiger partial charge in [-0.1, -0.05) is 6.07 Å². The number of aromatic amines is 1. The van der Waals surface area contributed by atoms with Crippen molar-refractivity contribution in [2.45, 2.75) is 0 Å². The first kappa shape index (κ1) is 10.5. The van der Waals surface area contributed by atoms with Crippen LogP contribution in [0.5, 0.6) is 0 Å². The molecule has 0 aliphatic heterocycles. The number of nitrogens with zero attached hydrogens (tertiary/aromatic N) is 2. The van der Waals surface area contributed by atoms with E-state index in [4.69, 9.17) is 5.73 Å². The Hall–Kier alpha value is -2.69. The standard InChI is InChI=1S/C13H10N4O/c14-13(18)10-4-9-3-8(11-6-16-17-7-11)1-2-12(9)15-5-10/h1-7H,(H2,14,18)(H,16,17). The molecule has 0 aliphatic carbocycles. The van der Waals surface area contributed by atoms with E-state index in [1.807, 2.05) is 24.4 Å². The molecular weight excluding hydrogens is 228 g/mol. The summed E-state index contributed by atoms with van der Waals surface area (Å²) in [7, 11) is 0. The minimum atomic E-state index is -0.474. The van der Waals surface area contributed by atoms with Crippen molar-refractivity contribution in [2.24, 2.45) is 5.73 Å². The van der Waals surface area contributed by atoms with E-state index in [0.717, 1.165) is 22.0 Å². The van der Waals surface area contributed by atoms with Crippen LogP contribution in [0.25, 0.3) is 22.0 Å². The molecule has 1 amide bonds. The molecule has 5 heteroatoms. The lowest BCUT2D eigenvalue weighted by atomic mass is 10.1. The molecule has 3 rings (SSSR count). The Morgan fingerprint density at radius 2 is 2.06 bits per heavy atom. The fourth-order valence-corrected chi connectivity index (χ4v) is 1.85. The van der Waals surface area contributed by atoms with Crippen molar-refractivity contribution >= 4 is 16.8 Å². The lowest BCUT2D eigenvalue weighted by Gasteiger charge is -2.02. The average Bonchev–Trinajstić information content (AvgIpc) is 2.91. The normalized spacial score (nSPS) is 10.7. The maximum absolute atomic E-state index is 11.1. The summed E-state index contributed by atoms with van der Waals surface area (Å²) < 4.78 is 0. The van der Waals surface area contributed by atoms with Crippen molar-refractivity contribution < 1.29 is 4.79 Å². The second-order valence-electron chi connectivity index (χ2n) is 3.98. The third-order valence-electron chi connectivity index (χ3n) is 2.80. The van der Waals surface area contributed by atoms with Crippen LogP contribution in [0.4, 0.5) is 0 Å². The highest BCUT2D eigenvalue weighted by molar-refractivity contribution is 5.96. The number of aromatic nitrogens is 3. The number of benzene rings is 1. The predicted octanol–water partition coefficient (Wildman–Crippen LogP) is 1.72. The minimum absolute atomic E-state index is 0.409. The van der Waals surface area contributed by atoms with Crippen molar-refractivity contribution in [1.82, 2.24) is 15.2 Å². The van der Waals surface area contributed by atoms with Gasteiger partial charge in [-0.3, -0.25) is 14.9 Å². The Morgan fingerprint density at radius 3 is 2.78 bits per heavy atom. The van der Waals surface area contributed by atoms with Crippen molar-refractivity contribution in [3.05, 3.63) is 48.4 Å². The number of nitrogens with one attached hydrogen (secondary N) is 1. The summed E-state index contributed by atoms with van der Waals surface area (Å²) in [4.78, 5) is 15.3. The molecule has 0 atom stereocenters. The third-order valence-corrected chi connectivity index (χ3v) is 2.80. The van der Waals surface area contributed by atoms with Crippen molar-refractivity contribution in [3.63, 3.8) is 0 Å². The third kappa shape index (κ3) is 1.71. The van der Waals surface area contributed by atoms with Crippen LogP contribution in [0.3, 0.4) is 0 Å². The van der Waals surface area contributed by atoms with Gasteiger partial charge in [-0.2, -0.15) is 5.10 Å². The van der Waals surface area contributed by atoms with Gasteiger partial charge in [0.15, 0.2) is 0 Å². The Kier molecular flexibility index (Phi) is 2.30. The first-order chi connectivity index (χ1) is 8.74. The smallest absolute Gasteiger partial charge is 0.250 e. The van der Waals surface area contributed by atoms with Gasteiger partial charge in [0.25, 0.3) is 0 Å². The van der Waals surface area contributed by atoms with E-state index in [-0.39, 0.29) is 0 Å². The molecule has 0 spiro atoms. The van der Waals surface area contributed by atoms with Gasteiger partial charge in [0.1, 0.15) is 0 Å².